The number of piperazine rings is 1. The molecule has 0 aromatic rings. The molecule has 4 nitrogen and oxygen atoms in total. The lowest BCUT2D eigenvalue weighted by Crippen LogP contribution is -2.47. The summed E-state index contributed by atoms with van der Waals surface area (Å²) in [6.07, 6.45) is 3.04. The van der Waals surface area contributed by atoms with E-state index in [1.54, 1.807) is 0 Å². The molecule has 2 rings (SSSR count). The Bertz CT molecular complexity index is 244. The lowest BCUT2D eigenvalue weighted by Gasteiger charge is -2.36. The van der Waals surface area contributed by atoms with Crippen molar-refractivity contribution in [1.29, 1.82) is 0 Å². The van der Waals surface area contributed by atoms with Crippen molar-refractivity contribution in [3.8, 4) is 0 Å². The third-order valence-corrected chi connectivity index (χ3v) is 4.00. The maximum absolute atomic E-state index is 11.6. The molecule has 0 radical (unpaired) electrons. The molecule has 0 saturated carbocycles. The van der Waals surface area contributed by atoms with E-state index in [2.05, 4.69) is 10.2 Å². The second-order valence-electron chi connectivity index (χ2n) is 5.23. The second-order valence-corrected chi connectivity index (χ2v) is 5.23. The zero-order chi connectivity index (χ0) is 14.1. The van der Waals surface area contributed by atoms with Crippen molar-refractivity contribution in [2.24, 2.45) is 5.92 Å². The quantitative estimate of drug-likeness (QED) is 0.845. The molecule has 2 fully saturated rings. The Morgan fingerprint density at radius 2 is 1.68 bits per heavy atom. The van der Waals surface area contributed by atoms with Gasteiger partial charge in [-0.2, -0.15) is 0 Å². The molecule has 0 bridgehead atoms. The molecule has 0 aliphatic carbocycles. The van der Waals surface area contributed by atoms with Crippen LogP contribution in [0, 0.1) is 5.92 Å². The van der Waals surface area contributed by atoms with Crippen LogP contribution < -0.4 is 5.32 Å². The van der Waals surface area contributed by atoms with Crippen LogP contribution in [0.15, 0.2) is 0 Å². The topological polar surface area (TPSA) is 35.6 Å². The number of amides is 1. The summed E-state index contributed by atoms with van der Waals surface area (Å²) in [5, 5.41) is 3.39. The minimum atomic E-state index is 0.325. The van der Waals surface area contributed by atoms with Gasteiger partial charge in [0.25, 0.3) is 0 Å². The van der Waals surface area contributed by atoms with E-state index in [0.717, 1.165) is 32.1 Å². The zero-order valence-electron chi connectivity index (χ0n) is 13.0. The van der Waals surface area contributed by atoms with E-state index >= 15 is 0 Å². The number of nitrogens with zero attached hydrogens (tertiary/aromatic N) is 2. The normalized spacial score (nSPS) is 21.7. The molecule has 19 heavy (non-hydrogen) atoms. The minimum Gasteiger partial charge on any atom is -0.343 e. The van der Waals surface area contributed by atoms with Crippen molar-refractivity contribution in [1.82, 2.24) is 15.1 Å². The largest absolute Gasteiger partial charge is 0.343 e. The molecule has 4 heteroatoms. The summed E-state index contributed by atoms with van der Waals surface area (Å²) in [4.78, 5) is 16.2. The van der Waals surface area contributed by atoms with Crippen molar-refractivity contribution in [2.45, 2.75) is 40.0 Å². The van der Waals surface area contributed by atoms with Crippen LogP contribution >= 0.6 is 0 Å². The Balaban J connectivity index is 0.000000861. The molecule has 112 valence electrons. The third kappa shape index (κ3) is 5.49. The predicted octanol–water partition coefficient (Wildman–Crippen LogP) is 1.57. The molecule has 0 aromatic carbocycles. The van der Waals surface area contributed by atoms with Crippen molar-refractivity contribution in [2.75, 3.05) is 45.8 Å². The highest BCUT2D eigenvalue weighted by Gasteiger charge is 2.23. The average Bonchev–Trinajstić information content (AvgIpc) is 2.50. The van der Waals surface area contributed by atoms with Crippen LogP contribution in [0.1, 0.15) is 40.0 Å². The fourth-order valence-corrected chi connectivity index (χ4v) is 2.85. The van der Waals surface area contributed by atoms with E-state index in [4.69, 9.17) is 0 Å². The zero-order valence-corrected chi connectivity index (χ0v) is 13.0. The van der Waals surface area contributed by atoms with E-state index < -0.39 is 0 Å². The molecule has 1 amide bonds. The van der Waals surface area contributed by atoms with Crippen LogP contribution in [-0.4, -0.2) is 61.5 Å². The van der Waals surface area contributed by atoms with Crippen molar-refractivity contribution in [3.63, 3.8) is 0 Å². The number of hydrogen-bond donors (Lipinski definition) is 1. The fourth-order valence-electron chi connectivity index (χ4n) is 2.85. The molecule has 1 N–H and O–H groups in total. The first-order valence-electron chi connectivity index (χ1n) is 8.00. The Hall–Kier alpha value is -0.610. The summed E-state index contributed by atoms with van der Waals surface area (Å²) in [6, 6.07) is 0. The average molecular weight is 269 g/mol. The summed E-state index contributed by atoms with van der Waals surface area (Å²) in [6.45, 7) is 13.8. The summed E-state index contributed by atoms with van der Waals surface area (Å²) in [7, 11) is 0. The monoisotopic (exact) mass is 269 g/mol. The van der Waals surface area contributed by atoms with E-state index in [0.29, 0.717) is 12.3 Å². The van der Waals surface area contributed by atoms with Crippen LogP contribution in [-0.2, 0) is 4.79 Å². The van der Waals surface area contributed by atoms with Crippen LogP contribution in [0.2, 0.25) is 0 Å². The first-order valence-corrected chi connectivity index (χ1v) is 8.00. The summed E-state index contributed by atoms with van der Waals surface area (Å²) in [5.41, 5.74) is 0. The number of nitrogens with one attached hydrogen (secondary N) is 1. The van der Waals surface area contributed by atoms with Crippen LogP contribution in [0.3, 0.4) is 0 Å². The van der Waals surface area contributed by atoms with Gasteiger partial charge in [-0.15, -0.1) is 0 Å². The summed E-state index contributed by atoms with van der Waals surface area (Å²) >= 11 is 0. The van der Waals surface area contributed by atoms with Gasteiger partial charge in [-0.1, -0.05) is 20.8 Å². The van der Waals surface area contributed by atoms with Gasteiger partial charge < -0.3 is 15.1 Å². The van der Waals surface area contributed by atoms with E-state index in [1.165, 1.54) is 32.5 Å². The lowest BCUT2D eigenvalue weighted by molar-refractivity contribution is -0.132. The van der Waals surface area contributed by atoms with Gasteiger partial charge in [0.2, 0.25) is 5.91 Å². The highest BCUT2D eigenvalue weighted by molar-refractivity contribution is 5.75. The molecule has 0 spiro atoms. The van der Waals surface area contributed by atoms with Crippen molar-refractivity contribution >= 4 is 5.91 Å². The first kappa shape index (κ1) is 16.4. The third-order valence-electron chi connectivity index (χ3n) is 4.00. The van der Waals surface area contributed by atoms with Crippen LogP contribution in [0.25, 0.3) is 0 Å². The molecule has 0 aromatic heterocycles. The summed E-state index contributed by atoms with van der Waals surface area (Å²) in [5.74, 6) is 1.12. The van der Waals surface area contributed by atoms with Gasteiger partial charge in [0.05, 0.1) is 0 Å². The van der Waals surface area contributed by atoms with Crippen molar-refractivity contribution < 1.29 is 4.79 Å². The molecule has 0 atom stereocenters. The van der Waals surface area contributed by atoms with Gasteiger partial charge in [-0.25, -0.2) is 0 Å². The number of likely N-dealkylation sites (tertiary alicyclic amines) is 1. The first-order chi connectivity index (χ1) is 9.29. The van der Waals surface area contributed by atoms with Crippen molar-refractivity contribution in [3.05, 3.63) is 0 Å². The molecule has 0 unspecified atom stereocenters. The van der Waals surface area contributed by atoms with Crippen LogP contribution in [0.5, 0.6) is 0 Å². The van der Waals surface area contributed by atoms with E-state index in [-0.39, 0.29) is 0 Å². The summed E-state index contributed by atoms with van der Waals surface area (Å²) < 4.78 is 0. The predicted molar refractivity (Wildman–Crippen MR) is 80.3 cm³/mol. The Morgan fingerprint density at radius 1 is 1.11 bits per heavy atom. The van der Waals surface area contributed by atoms with Gasteiger partial charge in [-0.05, 0) is 18.8 Å². The SMILES string of the molecule is CC.CCC(=O)N1CCC(CN2CCNCC2)CC1. The maximum Gasteiger partial charge on any atom is 0.222 e. The molecule has 2 aliphatic rings. The molecular formula is C15H31N3O. The van der Waals surface area contributed by atoms with Gasteiger partial charge in [0.15, 0.2) is 0 Å². The number of carbonyl (C=O) groups excluding carboxylic acids is 1. The molecule has 2 aliphatic heterocycles. The smallest absolute Gasteiger partial charge is 0.222 e. The van der Waals surface area contributed by atoms with Gasteiger partial charge in [0.1, 0.15) is 0 Å². The number of hydrogen-bond acceptors (Lipinski definition) is 3. The maximum atomic E-state index is 11.6. The Labute approximate surface area is 118 Å². The fraction of sp³-hybridized carbons (Fsp3) is 0.933. The second kappa shape index (κ2) is 9.32. The van der Waals surface area contributed by atoms with Crippen LogP contribution in [0.4, 0.5) is 0 Å². The standard InChI is InChI=1S/C13H25N3O.C2H6/c1-2-13(17)16-7-3-12(4-8-16)11-15-9-5-14-6-10-15;1-2/h12,14H,2-11H2,1H3;1-2H3. The van der Waals surface area contributed by atoms with E-state index in [1.807, 2.05) is 25.7 Å². The molecule has 2 heterocycles. The highest BCUT2D eigenvalue weighted by atomic mass is 16.2. The van der Waals surface area contributed by atoms with Gasteiger partial charge >= 0.3 is 0 Å². The number of piperidine rings is 1. The number of carbonyl (C=O) groups is 1. The van der Waals surface area contributed by atoms with Gasteiger partial charge in [0, 0.05) is 52.2 Å². The Morgan fingerprint density at radius 3 is 2.21 bits per heavy atom. The van der Waals surface area contributed by atoms with E-state index in [9.17, 15) is 4.79 Å². The minimum absolute atomic E-state index is 0.325. The Kier molecular flexibility index (Phi) is 8.07. The lowest BCUT2D eigenvalue weighted by atomic mass is 9.96. The molecule has 2 saturated heterocycles. The molecular weight excluding hydrogens is 238 g/mol. The van der Waals surface area contributed by atoms with Gasteiger partial charge in [-0.3, -0.25) is 4.79 Å². The number of rotatable bonds is 3. The highest BCUT2D eigenvalue weighted by Crippen LogP contribution is 2.19.